The van der Waals surface area contributed by atoms with Crippen LogP contribution in [-0.4, -0.2) is 61.0 Å². The van der Waals surface area contributed by atoms with Gasteiger partial charge in [-0.15, -0.1) is 0 Å². The summed E-state index contributed by atoms with van der Waals surface area (Å²) < 4.78 is 36.7. The molecule has 0 amide bonds. The number of carbonyl (C=O) groups is 1. The topological polar surface area (TPSA) is 73.4 Å². The molecule has 0 aliphatic carbocycles. The van der Waals surface area contributed by atoms with E-state index in [1.165, 1.54) is 23.3 Å². The molecular formula is C43H43ClFN3O5. The van der Waals surface area contributed by atoms with Gasteiger partial charge in [-0.25, -0.2) is 9.37 Å². The number of aldehydes is 1. The van der Waals surface area contributed by atoms with Gasteiger partial charge in [0, 0.05) is 57.0 Å². The largest absolute Gasteiger partial charge is 0.497 e. The lowest BCUT2D eigenvalue weighted by Crippen LogP contribution is -2.45. The van der Waals surface area contributed by atoms with Crippen LogP contribution in [-0.2, 0) is 24.4 Å². The highest BCUT2D eigenvalue weighted by Gasteiger charge is 2.22. The Bertz CT molecular complexity index is 1970. The molecule has 1 aliphatic heterocycles. The van der Waals surface area contributed by atoms with Gasteiger partial charge in [0.25, 0.3) is 0 Å². The summed E-state index contributed by atoms with van der Waals surface area (Å²) in [6.07, 6.45) is 4.81. The molecular weight excluding hydrogens is 693 g/mol. The van der Waals surface area contributed by atoms with Crippen LogP contribution < -0.4 is 18.9 Å². The second-order valence-corrected chi connectivity index (χ2v) is 13.4. The number of benzene rings is 4. The fraction of sp³-hybridized carbons (Fsp3) is 0.256. The standard InChI is InChI=1S/C43H43ClFN3O5/c1-30-22-34(25-36(45)23-30)29-52-39-12-13-42(46-27-39)53-43-31(2)24-35(26-40(43)44)41(14-20-49)48-18-16-47(17-19-48)28-33-6-4-32(5-7-33)15-21-51-38-10-8-37(50-3)9-11-38/h4-14,20,22-27H,15-19,21,28-29H2,1-3H3/b41-14+. The fourth-order valence-electron chi connectivity index (χ4n) is 6.31. The van der Waals surface area contributed by atoms with E-state index in [0.29, 0.717) is 29.0 Å². The van der Waals surface area contributed by atoms with Crippen molar-refractivity contribution < 1.29 is 28.1 Å². The van der Waals surface area contributed by atoms with Gasteiger partial charge >= 0.3 is 0 Å². The minimum atomic E-state index is -0.293. The molecule has 5 aromatic rings. The lowest BCUT2D eigenvalue weighted by molar-refractivity contribution is -0.104. The Balaban J connectivity index is 0.996. The van der Waals surface area contributed by atoms with Crippen LogP contribution in [0.1, 0.15) is 33.4 Å². The van der Waals surface area contributed by atoms with Gasteiger partial charge in [0.05, 0.1) is 24.9 Å². The number of aryl methyl sites for hydroxylation is 2. The molecule has 8 nitrogen and oxygen atoms in total. The second kappa shape index (κ2) is 17.9. The second-order valence-electron chi connectivity index (χ2n) is 13.0. The van der Waals surface area contributed by atoms with Crippen LogP contribution >= 0.6 is 11.6 Å². The van der Waals surface area contributed by atoms with Crippen molar-refractivity contribution in [1.82, 2.24) is 14.8 Å². The molecule has 0 atom stereocenters. The Morgan fingerprint density at radius 2 is 1.55 bits per heavy atom. The summed E-state index contributed by atoms with van der Waals surface area (Å²) in [5.74, 6) is 2.71. The minimum Gasteiger partial charge on any atom is -0.497 e. The Morgan fingerprint density at radius 1 is 0.830 bits per heavy atom. The number of halogens is 2. The predicted molar refractivity (Wildman–Crippen MR) is 205 cm³/mol. The average molecular weight is 736 g/mol. The summed E-state index contributed by atoms with van der Waals surface area (Å²) in [6.45, 7) is 8.69. The Morgan fingerprint density at radius 3 is 2.21 bits per heavy atom. The molecule has 0 unspecified atom stereocenters. The van der Waals surface area contributed by atoms with Gasteiger partial charge in [-0.05, 0) is 102 Å². The summed E-state index contributed by atoms with van der Waals surface area (Å²) in [6, 6.07) is 28.4. The maximum absolute atomic E-state index is 13.7. The van der Waals surface area contributed by atoms with Crippen LogP contribution in [0.3, 0.4) is 0 Å². The zero-order valence-corrected chi connectivity index (χ0v) is 30.9. The quantitative estimate of drug-likeness (QED) is 0.0781. The lowest BCUT2D eigenvalue weighted by atomic mass is 10.1. The van der Waals surface area contributed by atoms with Gasteiger partial charge in [-0.3, -0.25) is 9.69 Å². The van der Waals surface area contributed by atoms with Crippen molar-refractivity contribution in [1.29, 1.82) is 0 Å². The third-order valence-corrected chi connectivity index (χ3v) is 9.32. The first-order valence-electron chi connectivity index (χ1n) is 17.6. The minimum absolute atomic E-state index is 0.219. The number of hydrogen-bond acceptors (Lipinski definition) is 8. The molecule has 0 spiro atoms. The van der Waals surface area contributed by atoms with Crippen molar-refractivity contribution in [2.75, 3.05) is 39.9 Å². The molecule has 274 valence electrons. The number of nitrogens with zero attached hydrogens (tertiary/aromatic N) is 3. The van der Waals surface area contributed by atoms with Gasteiger partial charge < -0.3 is 23.8 Å². The van der Waals surface area contributed by atoms with Crippen molar-refractivity contribution in [2.24, 2.45) is 0 Å². The first-order valence-corrected chi connectivity index (χ1v) is 17.9. The number of hydrogen-bond donors (Lipinski definition) is 0. The summed E-state index contributed by atoms with van der Waals surface area (Å²) in [5, 5.41) is 0.412. The molecule has 1 saturated heterocycles. The predicted octanol–water partition coefficient (Wildman–Crippen LogP) is 8.85. The zero-order valence-electron chi connectivity index (χ0n) is 30.2. The van der Waals surface area contributed by atoms with Crippen molar-refractivity contribution in [3.8, 4) is 28.9 Å². The van der Waals surface area contributed by atoms with Crippen LogP contribution in [0.2, 0.25) is 5.02 Å². The highest BCUT2D eigenvalue weighted by atomic mass is 35.5. The van der Waals surface area contributed by atoms with E-state index in [1.54, 1.807) is 31.5 Å². The maximum Gasteiger partial charge on any atom is 0.219 e. The maximum atomic E-state index is 13.7. The molecule has 0 bridgehead atoms. The number of pyridine rings is 1. The van der Waals surface area contributed by atoms with Crippen molar-refractivity contribution in [3.63, 3.8) is 0 Å². The first-order chi connectivity index (χ1) is 25.8. The SMILES string of the molecule is COc1ccc(OCCc2ccc(CN3CCN(/C(=C/C=O)c4cc(C)c(Oc5ccc(OCc6cc(C)cc(F)c6)cn5)c(Cl)c4)CC3)cc2)cc1. The lowest BCUT2D eigenvalue weighted by Gasteiger charge is -2.37. The highest BCUT2D eigenvalue weighted by molar-refractivity contribution is 6.32. The normalized spacial score (nSPS) is 13.5. The highest BCUT2D eigenvalue weighted by Crippen LogP contribution is 2.36. The molecule has 6 rings (SSSR count). The number of methoxy groups -OCH3 is 1. The van der Waals surface area contributed by atoms with Crippen LogP contribution in [0.4, 0.5) is 4.39 Å². The third-order valence-electron chi connectivity index (χ3n) is 9.04. The number of carbonyl (C=O) groups excluding carboxylic acids is 1. The molecule has 4 aromatic carbocycles. The molecule has 0 saturated carbocycles. The van der Waals surface area contributed by atoms with Gasteiger partial charge in [-0.2, -0.15) is 0 Å². The van der Waals surface area contributed by atoms with E-state index in [0.717, 1.165) is 84.9 Å². The van der Waals surface area contributed by atoms with Crippen LogP contribution in [0.25, 0.3) is 5.70 Å². The number of rotatable bonds is 15. The van der Waals surface area contributed by atoms with Gasteiger partial charge in [0.1, 0.15) is 36.0 Å². The van der Waals surface area contributed by atoms with E-state index in [-0.39, 0.29) is 12.4 Å². The Kier molecular flexibility index (Phi) is 12.6. The van der Waals surface area contributed by atoms with E-state index in [4.69, 9.17) is 30.5 Å². The molecule has 1 fully saturated rings. The van der Waals surface area contributed by atoms with Crippen LogP contribution in [0, 0.1) is 19.7 Å². The van der Waals surface area contributed by atoms with E-state index in [9.17, 15) is 9.18 Å². The van der Waals surface area contributed by atoms with Gasteiger partial charge in [0.15, 0.2) is 5.75 Å². The molecule has 1 aromatic heterocycles. The van der Waals surface area contributed by atoms with E-state index < -0.39 is 0 Å². The van der Waals surface area contributed by atoms with E-state index in [2.05, 4.69) is 39.0 Å². The van der Waals surface area contributed by atoms with Crippen molar-refractivity contribution in [2.45, 2.75) is 33.4 Å². The summed E-state index contributed by atoms with van der Waals surface area (Å²) in [5.41, 5.74) is 6.54. The molecule has 0 radical (unpaired) electrons. The number of allylic oxidation sites excluding steroid dienone is 1. The van der Waals surface area contributed by atoms with E-state index >= 15 is 0 Å². The molecule has 10 heteroatoms. The van der Waals surface area contributed by atoms with Gasteiger partial charge in [0.2, 0.25) is 5.88 Å². The molecule has 53 heavy (non-hydrogen) atoms. The van der Waals surface area contributed by atoms with E-state index in [1.807, 2.05) is 56.3 Å². The summed E-state index contributed by atoms with van der Waals surface area (Å²) in [4.78, 5) is 20.8. The van der Waals surface area contributed by atoms with Gasteiger partial charge in [-0.1, -0.05) is 41.9 Å². The van der Waals surface area contributed by atoms with Crippen LogP contribution in [0.15, 0.2) is 103 Å². The number of ether oxygens (including phenoxy) is 4. The molecule has 0 N–H and O–H groups in total. The average Bonchev–Trinajstić information content (AvgIpc) is 3.16. The number of aromatic nitrogens is 1. The molecule has 2 heterocycles. The fourth-order valence-corrected chi connectivity index (χ4v) is 6.62. The Labute approximate surface area is 315 Å². The van der Waals surface area contributed by atoms with Crippen LogP contribution in [0.5, 0.6) is 28.9 Å². The smallest absolute Gasteiger partial charge is 0.219 e. The first kappa shape index (κ1) is 37.4. The summed E-state index contributed by atoms with van der Waals surface area (Å²) >= 11 is 6.77. The Hall–Kier alpha value is -5.38. The van der Waals surface area contributed by atoms with Crippen molar-refractivity contribution >= 4 is 23.6 Å². The molecule has 1 aliphatic rings. The van der Waals surface area contributed by atoms with Crippen molar-refractivity contribution in [3.05, 3.63) is 147 Å². The zero-order chi connectivity index (χ0) is 37.2. The summed E-state index contributed by atoms with van der Waals surface area (Å²) in [7, 11) is 1.65. The third kappa shape index (κ3) is 10.4. The monoisotopic (exact) mass is 735 g/mol. The number of piperazine rings is 1.